The fourth-order valence-electron chi connectivity index (χ4n) is 2.80. The first-order valence-corrected chi connectivity index (χ1v) is 11.6. The van der Waals surface area contributed by atoms with Gasteiger partial charge in [-0.15, -0.1) is 0 Å². The monoisotopic (exact) mass is 388 g/mol. The summed E-state index contributed by atoms with van der Waals surface area (Å²) in [7, 11) is -5.25. The fraction of sp³-hybridized carbons (Fsp3) is 0.562. The van der Waals surface area contributed by atoms with Gasteiger partial charge in [-0.25, -0.2) is 16.8 Å². The van der Waals surface area contributed by atoms with Gasteiger partial charge in [-0.3, -0.25) is 9.10 Å². The summed E-state index contributed by atoms with van der Waals surface area (Å²) in [5, 5.41) is 0. The molecule has 0 N–H and O–H groups in total. The first-order valence-electron chi connectivity index (χ1n) is 7.92. The standard InChI is InChI=1S/C16H24N2O5S2/c1-12-5-6-14(9-13(12)2)18(24(4,20)21)10-16(19)17(3)15-7-8-25(22,23)11-15/h5-6,9,15H,7-8,10-11H2,1-4H3. The van der Waals surface area contributed by atoms with Crippen LogP contribution in [0.4, 0.5) is 5.69 Å². The van der Waals surface area contributed by atoms with Crippen LogP contribution in [0, 0.1) is 13.8 Å². The molecule has 1 saturated heterocycles. The van der Waals surface area contributed by atoms with Crippen molar-refractivity contribution in [1.29, 1.82) is 0 Å². The summed E-state index contributed by atoms with van der Waals surface area (Å²) in [5.74, 6) is -0.439. The minimum atomic E-state index is -3.65. The molecule has 1 amide bonds. The number of nitrogens with zero attached hydrogens (tertiary/aromatic N) is 2. The molecule has 0 bridgehead atoms. The number of carbonyl (C=O) groups is 1. The second-order valence-corrected chi connectivity index (χ2v) is 10.7. The van der Waals surface area contributed by atoms with Gasteiger partial charge in [-0.05, 0) is 43.5 Å². The van der Waals surface area contributed by atoms with E-state index in [1.807, 2.05) is 13.8 Å². The number of aryl methyl sites for hydroxylation is 2. The molecule has 7 nitrogen and oxygen atoms in total. The molecule has 1 atom stereocenters. The van der Waals surface area contributed by atoms with E-state index in [-0.39, 0.29) is 18.1 Å². The molecule has 9 heteroatoms. The van der Waals surface area contributed by atoms with Crippen LogP contribution in [0.3, 0.4) is 0 Å². The van der Waals surface area contributed by atoms with Gasteiger partial charge in [-0.1, -0.05) is 6.07 Å². The fourth-order valence-corrected chi connectivity index (χ4v) is 5.42. The van der Waals surface area contributed by atoms with Gasteiger partial charge in [0.1, 0.15) is 6.54 Å². The largest absolute Gasteiger partial charge is 0.340 e. The predicted molar refractivity (Wildman–Crippen MR) is 97.9 cm³/mol. The second kappa shape index (κ2) is 6.95. The minimum absolute atomic E-state index is 0.0578. The molecule has 1 aliphatic rings. The molecule has 0 aromatic heterocycles. The number of rotatable bonds is 5. The lowest BCUT2D eigenvalue weighted by atomic mass is 10.1. The number of carbonyl (C=O) groups excluding carboxylic acids is 1. The van der Waals surface area contributed by atoms with Crippen molar-refractivity contribution < 1.29 is 21.6 Å². The van der Waals surface area contributed by atoms with Gasteiger partial charge in [0.05, 0.1) is 23.4 Å². The molecular weight excluding hydrogens is 364 g/mol. The van der Waals surface area contributed by atoms with Crippen LogP contribution < -0.4 is 4.31 Å². The smallest absolute Gasteiger partial charge is 0.243 e. The van der Waals surface area contributed by atoms with Gasteiger partial charge in [-0.2, -0.15) is 0 Å². The molecule has 1 unspecified atom stereocenters. The van der Waals surface area contributed by atoms with Crippen LogP contribution in [0.25, 0.3) is 0 Å². The zero-order valence-electron chi connectivity index (χ0n) is 14.9. The topological polar surface area (TPSA) is 91.8 Å². The molecular formula is C16H24N2O5S2. The van der Waals surface area contributed by atoms with E-state index in [0.29, 0.717) is 12.1 Å². The van der Waals surface area contributed by atoms with E-state index in [1.165, 1.54) is 11.9 Å². The van der Waals surface area contributed by atoms with E-state index in [1.54, 1.807) is 18.2 Å². The van der Waals surface area contributed by atoms with Crippen LogP contribution in [0.5, 0.6) is 0 Å². The first kappa shape index (κ1) is 19.7. The van der Waals surface area contributed by atoms with E-state index in [2.05, 4.69) is 0 Å². The van der Waals surface area contributed by atoms with Crippen LogP contribution in [-0.2, 0) is 24.7 Å². The van der Waals surface area contributed by atoms with Gasteiger partial charge in [0.15, 0.2) is 9.84 Å². The van der Waals surface area contributed by atoms with Crippen LogP contribution in [0.1, 0.15) is 17.5 Å². The van der Waals surface area contributed by atoms with Crippen molar-refractivity contribution in [3.05, 3.63) is 29.3 Å². The summed E-state index contributed by atoms with van der Waals surface area (Å²) >= 11 is 0. The molecule has 1 aliphatic heterocycles. The highest BCUT2D eigenvalue weighted by atomic mass is 32.2. The van der Waals surface area contributed by atoms with Crippen molar-refractivity contribution in [3.63, 3.8) is 0 Å². The molecule has 0 radical (unpaired) electrons. The maximum Gasteiger partial charge on any atom is 0.243 e. The van der Waals surface area contributed by atoms with Crippen molar-refractivity contribution in [2.75, 3.05) is 35.7 Å². The van der Waals surface area contributed by atoms with E-state index < -0.39 is 31.8 Å². The Morgan fingerprint density at radius 1 is 1.24 bits per heavy atom. The van der Waals surface area contributed by atoms with E-state index >= 15 is 0 Å². The summed E-state index contributed by atoms with van der Waals surface area (Å²) < 4.78 is 48.6. The minimum Gasteiger partial charge on any atom is -0.340 e. The van der Waals surface area contributed by atoms with Crippen molar-refractivity contribution in [2.24, 2.45) is 0 Å². The zero-order valence-corrected chi connectivity index (χ0v) is 16.5. The summed E-state index contributed by atoms with van der Waals surface area (Å²) in [6.45, 7) is 3.44. The van der Waals surface area contributed by atoms with Gasteiger partial charge in [0.25, 0.3) is 0 Å². The average Bonchev–Trinajstić information content (AvgIpc) is 2.85. The lowest BCUT2D eigenvalue weighted by Crippen LogP contribution is -2.45. The normalized spacial score (nSPS) is 19.6. The number of hydrogen-bond donors (Lipinski definition) is 0. The Bertz CT molecular complexity index is 878. The Balaban J connectivity index is 2.22. The Morgan fingerprint density at radius 3 is 2.36 bits per heavy atom. The molecule has 1 aromatic rings. The maximum atomic E-state index is 12.5. The molecule has 0 aliphatic carbocycles. The van der Waals surface area contributed by atoms with Crippen molar-refractivity contribution >= 4 is 31.5 Å². The number of sulfone groups is 1. The Kier molecular flexibility index (Phi) is 5.48. The highest BCUT2D eigenvalue weighted by Gasteiger charge is 2.34. The van der Waals surface area contributed by atoms with Crippen LogP contribution in [-0.4, -0.2) is 65.0 Å². The van der Waals surface area contributed by atoms with Gasteiger partial charge in [0.2, 0.25) is 15.9 Å². The van der Waals surface area contributed by atoms with Crippen molar-refractivity contribution in [1.82, 2.24) is 4.90 Å². The van der Waals surface area contributed by atoms with Crippen LogP contribution >= 0.6 is 0 Å². The third kappa shape index (κ3) is 4.72. The molecule has 1 heterocycles. The molecule has 1 aromatic carbocycles. The number of hydrogen-bond acceptors (Lipinski definition) is 5. The zero-order chi connectivity index (χ0) is 19.0. The van der Waals surface area contributed by atoms with Crippen LogP contribution in [0.2, 0.25) is 0 Å². The quantitative estimate of drug-likeness (QED) is 0.741. The molecule has 25 heavy (non-hydrogen) atoms. The maximum absolute atomic E-state index is 12.5. The SMILES string of the molecule is Cc1ccc(N(CC(=O)N(C)C2CCS(=O)(=O)C2)S(C)(=O)=O)cc1C. The van der Waals surface area contributed by atoms with E-state index in [0.717, 1.165) is 21.7 Å². The second-order valence-electron chi connectivity index (χ2n) is 6.60. The molecule has 0 saturated carbocycles. The summed E-state index contributed by atoms with van der Waals surface area (Å²) in [5.41, 5.74) is 2.37. The molecule has 140 valence electrons. The number of likely N-dealkylation sites (N-methyl/N-ethyl adjacent to an activating group) is 1. The number of sulfonamides is 1. The Morgan fingerprint density at radius 2 is 1.88 bits per heavy atom. The third-order valence-corrected chi connectivity index (χ3v) is 7.50. The Hall–Kier alpha value is -1.61. The average molecular weight is 389 g/mol. The summed E-state index contributed by atoms with van der Waals surface area (Å²) in [6, 6.07) is 4.79. The first-order chi connectivity index (χ1) is 11.4. The van der Waals surface area contributed by atoms with Gasteiger partial charge in [0, 0.05) is 13.1 Å². The summed E-state index contributed by atoms with van der Waals surface area (Å²) in [4.78, 5) is 13.9. The highest BCUT2D eigenvalue weighted by Crippen LogP contribution is 2.22. The number of benzene rings is 1. The molecule has 2 rings (SSSR count). The van der Waals surface area contributed by atoms with Crippen molar-refractivity contribution in [3.8, 4) is 0 Å². The molecule has 0 spiro atoms. The lowest BCUT2D eigenvalue weighted by molar-refractivity contribution is -0.129. The van der Waals surface area contributed by atoms with Gasteiger partial charge < -0.3 is 4.90 Å². The van der Waals surface area contributed by atoms with Crippen LogP contribution in [0.15, 0.2) is 18.2 Å². The van der Waals surface area contributed by atoms with Crippen molar-refractivity contribution in [2.45, 2.75) is 26.3 Å². The number of anilines is 1. The molecule has 1 fully saturated rings. The Labute approximate surface area is 149 Å². The third-order valence-electron chi connectivity index (χ3n) is 4.61. The number of amides is 1. The van der Waals surface area contributed by atoms with Gasteiger partial charge >= 0.3 is 0 Å². The summed E-state index contributed by atoms with van der Waals surface area (Å²) in [6.07, 6.45) is 1.43. The van der Waals surface area contributed by atoms with E-state index in [4.69, 9.17) is 0 Å². The lowest BCUT2D eigenvalue weighted by Gasteiger charge is -2.28. The highest BCUT2D eigenvalue weighted by molar-refractivity contribution is 7.92. The predicted octanol–water partition coefficient (Wildman–Crippen LogP) is 0.715. The van der Waals surface area contributed by atoms with E-state index in [9.17, 15) is 21.6 Å².